The van der Waals surface area contributed by atoms with Gasteiger partial charge in [-0.1, -0.05) is 20.8 Å². The molecule has 0 aliphatic heterocycles. The van der Waals surface area contributed by atoms with E-state index in [4.69, 9.17) is 0 Å². The summed E-state index contributed by atoms with van der Waals surface area (Å²) >= 11 is 0. The number of hydrogen-bond acceptors (Lipinski definition) is 0. The van der Waals surface area contributed by atoms with Crippen LogP contribution in [0.4, 0.5) is 0 Å². The molecule has 30 valence electrons. The van der Waals surface area contributed by atoms with Crippen molar-refractivity contribution in [3.63, 3.8) is 0 Å². The molecule has 0 bridgehead atoms. The van der Waals surface area contributed by atoms with Gasteiger partial charge in [-0.15, -0.1) is 0 Å². The molecule has 0 atom stereocenters. The fourth-order valence-corrected chi connectivity index (χ4v) is 0. The standard InChI is InChI=1S/C4H10.Ca.2H/c1-4(2)3;;;/h4H,1-3H3;;;/q;+2;2*-1. The molecular weight excluding hydrogens is 88.1 g/mol. The van der Waals surface area contributed by atoms with Crippen LogP contribution >= 0.6 is 0 Å². The molecule has 0 aliphatic rings. The second-order valence-electron chi connectivity index (χ2n) is 1.73. The fraction of sp³-hybridized carbons (Fsp3) is 1.00. The molecule has 0 saturated carbocycles. The van der Waals surface area contributed by atoms with Crippen molar-refractivity contribution in [1.29, 1.82) is 0 Å². The average Bonchev–Trinajstić information content (AvgIpc) is 0.811. The van der Waals surface area contributed by atoms with Crippen LogP contribution in [0.2, 0.25) is 0 Å². The topological polar surface area (TPSA) is 0 Å². The Morgan fingerprint density at radius 3 is 1.20 bits per heavy atom. The summed E-state index contributed by atoms with van der Waals surface area (Å²) < 4.78 is 0. The van der Waals surface area contributed by atoms with Gasteiger partial charge in [0.1, 0.15) is 0 Å². The van der Waals surface area contributed by atoms with Crippen LogP contribution in [0.5, 0.6) is 0 Å². The molecule has 0 N–H and O–H groups in total. The van der Waals surface area contributed by atoms with Crippen LogP contribution in [0.3, 0.4) is 0 Å². The Morgan fingerprint density at radius 2 is 1.20 bits per heavy atom. The van der Waals surface area contributed by atoms with Crippen LogP contribution < -0.4 is 0 Å². The van der Waals surface area contributed by atoms with Crippen LogP contribution in [-0.2, 0) is 0 Å². The number of hydrogen-bond donors (Lipinski definition) is 0. The smallest absolute Gasteiger partial charge is 1.00 e. The molecule has 0 amide bonds. The Bertz CT molecular complexity index is 14.4. The van der Waals surface area contributed by atoms with E-state index < -0.39 is 0 Å². The summed E-state index contributed by atoms with van der Waals surface area (Å²) in [6, 6.07) is 0. The predicted octanol–water partition coefficient (Wildman–Crippen LogP) is 1.51. The van der Waals surface area contributed by atoms with Crippen molar-refractivity contribution >= 4 is 37.7 Å². The van der Waals surface area contributed by atoms with Crippen LogP contribution in [0, 0.1) is 5.92 Å². The maximum absolute atomic E-state index is 2.17. The van der Waals surface area contributed by atoms with E-state index in [-0.39, 0.29) is 40.6 Å². The molecule has 0 rings (SSSR count). The minimum atomic E-state index is 0. The second kappa shape index (κ2) is 5.26. The van der Waals surface area contributed by atoms with Gasteiger partial charge in [0.2, 0.25) is 0 Å². The Kier molecular flexibility index (Phi) is 10.0. The van der Waals surface area contributed by atoms with Gasteiger partial charge in [0, 0.05) is 0 Å². The normalized spacial score (nSPS) is 7.20. The summed E-state index contributed by atoms with van der Waals surface area (Å²) in [5.41, 5.74) is 0. The molecule has 0 aromatic rings. The van der Waals surface area contributed by atoms with Gasteiger partial charge in [0.25, 0.3) is 0 Å². The largest absolute Gasteiger partial charge is 2.00 e. The van der Waals surface area contributed by atoms with Crippen LogP contribution in [0.15, 0.2) is 0 Å². The third-order valence-corrected chi connectivity index (χ3v) is 0. The van der Waals surface area contributed by atoms with Gasteiger partial charge in [0.15, 0.2) is 0 Å². The molecule has 0 aliphatic carbocycles. The Morgan fingerprint density at radius 1 is 1.20 bits per heavy atom. The van der Waals surface area contributed by atoms with Crippen molar-refractivity contribution in [2.24, 2.45) is 5.92 Å². The van der Waals surface area contributed by atoms with E-state index in [1.54, 1.807) is 0 Å². The SMILES string of the molecule is CC(C)C.[Ca+2].[H-].[H-]. The Balaban J connectivity index is -0.0000000150. The third kappa shape index (κ3) is 35.2. The monoisotopic (exact) mass is 100 g/mol. The second-order valence-corrected chi connectivity index (χ2v) is 1.73. The minimum Gasteiger partial charge on any atom is -1.00 e. The maximum Gasteiger partial charge on any atom is 2.00 e. The zero-order valence-corrected chi connectivity index (χ0v) is 6.49. The van der Waals surface area contributed by atoms with Gasteiger partial charge in [-0.25, -0.2) is 0 Å². The van der Waals surface area contributed by atoms with Gasteiger partial charge >= 0.3 is 37.7 Å². The molecule has 0 nitrogen and oxygen atoms in total. The van der Waals surface area contributed by atoms with Crippen LogP contribution in [0.1, 0.15) is 23.6 Å². The Labute approximate surface area is 66.9 Å². The molecular formula is C4H12Ca. The first kappa shape index (κ1) is 9.54. The zero-order chi connectivity index (χ0) is 3.58. The summed E-state index contributed by atoms with van der Waals surface area (Å²) in [5.74, 6) is 0.833. The molecule has 0 radical (unpaired) electrons. The fourth-order valence-electron chi connectivity index (χ4n) is 0. The van der Waals surface area contributed by atoms with E-state index in [1.807, 2.05) is 0 Å². The van der Waals surface area contributed by atoms with Crippen molar-refractivity contribution < 1.29 is 2.85 Å². The minimum absolute atomic E-state index is 0. The van der Waals surface area contributed by atoms with E-state index in [0.717, 1.165) is 5.92 Å². The molecule has 0 aromatic heterocycles. The van der Waals surface area contributed by atoms with Crippen molar-refractivity contribution in [2.75, 3.05) is 0 Å². The predicted molar refractivity (Wildman–Crippen MR) is 28.5 cm³/mol. The number of rotatable bonds is 0. The first-order valence-electron chi connectivity index (χ1n) is 1.73. The van der Waals surface area contributed by atoms with Gasteiger partial charge in [-0.2, -0.15) is 0 Å². The first-order valence-corrected chi connectivity index (χ1v) is 1.73. The molecule has 1 heteroatoms. The summed E-state index contributed by atoms with van der Waals surface area (Å²) in [4.78, 5) is 0. The van der Waals surface area contributed by atoms with Crippen LogP contribution in [0.25, 0.3) is 0 Å². The molecule has 0 fully saturated rings. The molecule has 0 saturated heterocycles. The summed E-state index contributed by atoms with van der Waals surface area (Å²) in [6.07, 6.45) is 0. The van der Waals surface area contributed by atoms with E-state index in [9.17, 15) is 0 Å². The van der Waals surface area contributed by atoms with Crippen molar-refractivity contribution in [1.82, 2.24) is 0 Å². The van der Waals surface area contributed by atoms with E-state index in [2.05, 4.69) is 20.8 Å². The average molecular weight is 100 g/mol. The first-order chi connectivity index (χ1) is 1.73. The summed E-state index contributed by atoms with van der Waals surface area (Å²) in [5, 5.41) is 0. The summed E-state index contributed by atoms with van der Waals surface area (Å²) in [7, 11) is 0. The molecule has 0 aromatic carbocycles. The zero-order valence-electron chi connectivity index (χ0n) is 6.28. The van der Waals surface area contributed by atoms with E-state index in [0.29, 0.717) is 0 Å². The van der Waals surface area contributed by atoms with Gasteiger partial charge in [-0.05, 0) is 5.92 Å². The molecule has 0 heterocycles. The van der Waals surface area contributed by atoms with Crippen LogP contribution in [-0.4, -0.2) is 37.7 Å². The van der Waals surface area contributed by atoms with E-state index in [1.165, 1.54) is 0 Å². The van der Waals surface area contributed by atoms with Crippen molar-refractivity contribution in [3.8, 4) is 0 Å². The van der Waals surface area contributed by atoms with Gasteiger partial charge in [0.05, 0.1) is 0 Å². The quantitative estimate of drug-likeness (QED) is 0.405. The maximum atomic E-state index is 2.17. The molecule has 0 spiro atoms. The van der Waals surface area contributed by atoms with E-state index >= 15 is 0 Å². The van der Waals surface area contributed by atoms with Gasteiger partial charge in [-0.3, -0.25) is 0 Å². The van der Waals surface area contributed by atoms with Gasteiger partial charge < -0.3 is 2.85 Å². The molecule has 0 unspecified atom stereocenters. The Hall–Kier alpha value is 1.26. The molecule has 5 heavy (non-hydrogen) atoms. The third-order valence-electron chi connectivity index (χ3n) is 0. The van der Waals surface area contributed by atoms with Crippen molar-refractivity contribution in [2.45, 2.75) is 20.8 Å². The van der Waals surface area contributed by atoms with Crippen molar-refractivity contribution in [3.05, 3.63) is 0 Å². The summed E-state index contributed by atoms with van der Waals surface area (Å²) in [6.45, 7) is 6.50.